The molecule has 0 bridgehead atoms. The van der Waals surface area contributed by atoms with Crippen molar-refractivity contribution in [3.63, 3.8) is 0 Å². The van der Waals surface area contributed by atoms with Gasteiger partial charge in [0.1, 0.15) is 11.5 Å². The number of amides is 1. The van der Waals surface area contributed by atoms with Gasteiger partial charge in [-0.05, 0) is 50.8 Å². The minimum atomic E-state index is -0.979. The second kappa shape index (κ2) is 10.0. The van der Waals surface area contributed by atoms with Crippen LogP contribution in [0.25, 0.3) is 5.76 Å². The summed E-state index contributed by atoms with van der Waals surface area (Å²) in [4.78, 5) is 40.0. The molecule has 0 saturated carbocycles. The van der Waals surface area contributed by atoms with E-state index in [0.29, 0.717) is 24.3 Å². The van der Waals surface area contributed by atoms with E-state index in [1.54, 1.807) is 6.07 Å². The zero-order valence-electron chi connectivity index (χ0n) is 18.4. The van der Waals surface area contributed by atoms with Gasteiger partial charge in [0, 0.05) is 24.2 Å². The Hall–Kier alpha value is -3.43. The number of hydrogen-bond donors (Lipinski definition) is 1. The van der Waals surface area contributed by atoms with E-state index < -0.39 is 28.4 Å². The minimum Gasteiger partial charge on any atom is -0.507 e. The average Bonchev–Trinajstić information content (AvgIpc) is 3.03. The lowest BCUT2D eigenvalue weighted by atomic mass is 9.95. The van der Waals surface area contributed by atoms with Crippen molar-refractivity contribution in [3.8, 4) is 5.75 Å². The predicted octanol–water partition coefficient (Wildman–Crippen LogP) is 3.63. The predicted molar refractivity (Wildman–Crippen MR) is 123 cm³/mol. The van der Waals surface area contributed by atoms with Crippen molar-refractivity contribution in [2.24, 2.45) is 0 Å². The summed E-state index contributed by atoms with van der Waals surface area (Å²) in [5.41, 5.74) is 0.252. The number of rotatable bonds is 8. The molecule has 3 rings (SSSR count). The van der Waals surface area contributed by atoms with Crippen LogP contribution in [0.1, 0.15) is 23.6 Å². The molecule has 1 heterocycles. The highest BCUT2D eigenvalue weighted by atomic mass is 35.5. The van der Waals surface area contributed by atoms with Gasteiger partial charge in [0.15, 0.2) is 0 Å². The summed E-state index contributed by atoms with van der Waals surface area (Å²) in [6, 6.07) is 9.22. The summed E-state index contributed by atoms with van der Waals surface area (Å²) in [5.74, 6) is -1.66. The SMILES string of the molecule is COc1ccc(/C(O)=C2\C(=O)C(=O)N(CCCN(C)C)[C@H]2c2cccc([N+](=O)[O-])c2)cc1Cl. The first-order chi connectivity index (χ1) is 15.6. The third-order valence-corrected chi connectivity index (χ3v) is 5.66. The molecule has 0 aliphatic carbocycles. The molecule has 1 amide bonds. The number of hydrogen-bond acceptors (Lipinski definition) is 7. The zero-order valence-corrected chi connectivity index (χ0v) is 19.2. The topological polar surface area (TPSA) is 113 Å². The normalized spacial score (nSPS) is 17.6. The summed E-state index contributed by atoms with van der Waals surface area (Å²) in [6.07, 6.45) is 0.569. The summed E-state index contributed by atoms with van der Waals surface area (Å²) in [6.45, 7) is 0.898. The Labute approximate surface area is 196 Å². The number of nitrogens with zero attached hydrogens (tertiary/aromatic N) is 3. The van der Waals surface area contributed by atoms with Gasteiger partial charge >= 0.3 is 0 Å². The molecule has 1 aliphatic rings. The third-order valence-electron chi connectivity index (χ3n) is 5.37. The number of carbonyl (C=O) groups is 2. The summed E-state index contributed by atoms with van der Waals surface area (Å²) in [5, 5.41) is 22.6. The third kappa shape index (κ3) is 4.99. The fourth-order valence-corrected chi connectivity index (χ4v) is 4.05. The number of aliphatic hydroxyl groups excluding tert-OH is 1. The number of likely N-dealkylation sites (tertiary alicyclic amines) is 1. The molecule has 0 spiro atoms. The average molecular weight is 474 g/mol. The number of ether oxygens (including phenoxy) is 1. The number of Topliss-reactive ketones (excluding diaryl/α,β-unsaturated/α-hetero) is 1. The zero-order chi connectivity index (χ0) is 24.3. The molecule has 0 unspecified atom stereocenters. The highest BCUT2D eigenvalue weighted by Crippen LogP contribution is 2.41. The van der Waals surface area contributed by atoms with Gasteiger partial charge in [-0.25, -0.2) is 0 Å². The Kier molecular flexibility index (Phi) is 7.35. The largest absolute Gasteiger partial charge is 0.507 e. The Morgan fingerprint density at radius 3 is 2.58 bits per heavy atom. The first kappa shape index (κ1) is 24.2. The molecule has 2 aromatic rings. The maximum Gasteiger partial charge on any atom is 0.295 e. The molecule has 1 N–H and O–H groups in total. The number of nitro benzene ring substituents is 1. The number of benzene rings is 2. The molecule has 9 nitrogen and oxygen atoms in total. The Bertz CT molecular complexity index is 1130. The number of ketones is 1. The second-order valence-corrected chi connectivity index (χ2v) is 8.26. The lowest BCUT2D eigenvalue weighted by Gasteiger charge is -2.25. The van der Waals surface area contributed by atoms with Crippen LogP contribution >= 0.6 is 11.6 Å². The van der Waals surface area contributed by atoms with Gasteiger partial charge < -0.3 is 19.6 Å². The van der Waals surface area contributed by atoms with Crippen LogP contribution in [-0.2, 0) is 9.59 Å². The van der Waals surface area contributed by atoms with Gasteiger partial charge in [-0.2, -0.15) is 0 Å². The number of methoxy groups -OCH3 is 1. The maximum absolute atomic E-state index is 13.0. The van der Waals surface area contributed by atoms with Crippen molar-refractivity contribution in [1.82, 2.24) is 9.80 Å². The number of nitro groups is 1. The molecule has 33 heavy (non-hydrogen) atoms. The van der Waals surface area contributed by atoms with Crippen LogP contribution in [-0.4, -0.2) is 65.8 Å². The fraction of sp³-hybridized carbons (Fsp3) is 0.304. The summed E-state index contributed by atoms with van der Waals surface area (Å²) >= 11 is 6.18. The molecule has 174 valence electrons. The fourth-order valence-electron chi connectivity index (χ4n) is 3.79. The van der Waals surface area contributed by atoms with E-state index in [2.05, 4.69) is 0 Å². The molecular weight excluding hydrogens is 450 g/mol. The minimum absolute atomic E-state index is 0.147. The Morgan fingerprint density at radius 1 is 1.24 bits per heavy atom. The number of carbonyl (C=O) groups excluding carboxylic acids is 2. The lowest BCUT2D eigenvalue weighted by Crippen LogP contribution is -2.32. The first-order valence-electron chi connectivity index (χ1n) is 10.2. The van der Waals surface area contributed by atoms with E-state index in [-0.39, 0.29) is 28.4 Å². The monoisotopic (exact) mass is 473 g/mol. The van der Waals surface area contributed by atoms with Crippen molar-refractivity contribution in [2.75, 3.05) is 34.3 Å². The Balaban J connectivity index is 2.15. The molecular formula is C23H24ClN3O6. The number of non-ortho nitro benzene ring substituents is 1. The van der Waals surface area contributed by atoms with Crippen LogP contribution in [0.5, 0.6) is 5.75 Å². The van der Waals surface area contributed by atoms with Crippen LogP contribution in [0.15, 0.2) is 48.0 Å². The van der Waals surface area contributed by atoms with E-state index >= 15 is 0 Å². The summed E-state index contributed by atoms with van der Waals surface area (Å²) in [7, 11) is 5.22. The smallest absolute Gasteiger partial charge is 0.295 e. The van der Waals surface area contributed by atoms with Gasteiger partial charge in [-0.1, -0.05) is 23.7 Å². The van der Waals surface area contributed by atoms with E-state index in [1.807, 2.05) is 19.0 Å². The van der Waals surface area contributed by atoms with Gasteiger partial charge in [-0.3, -0.25) is 19.7 Å². The van der Waals surface area contributed by atoms with Crippen molar-refractivity contribution in [1.29, 1.82) is 0 Å². The Morgan fingerprint density at radius 2 is 1.97 bits per heavy atom. The molecule has 10 heteroatoms. The molecule has 1 aliphatic heterocycles. The van der Waals surface area contributed by atoms with Crippen LogP contribution in [0.3, 0.4) is 0 Å². The van der Waals surface area contributed by atoms with Crippen LogP contribution in [0, 0.1) is 10.1 Å². The molecule has 2 aromatic carbocycles. The van der Waals surface area contributed by atoms with Crippen molar-refractivity contribution in [2.45, 2.75) is 12.5 Å². The highest BCUT2D eigenvalue weighted by Gasteiger charge is 2.46. The molecule has 0 aromatic heterocycles. The molecule has 0 radical (unpaired) electrons. The van der Waals surface area contributed by atoms with E-state index in [4.69, 9.17) is 16.3 Å². The summed E-state index contributed by atoms with van der Waals surface area (Å²) < 4.78 is 5.12. The molecule has 1 atom stereocenters. The second-order valence-electron chi connectivity index (χ2n) is 7.85. The van der Waals surface area contributed by atoms with Gasteiger partial charge in [0.05, 0.1) is 28.7 Å². The lowest BCUT2D eigenvalue weighted by molar-refractivity contribution is -0.384. The van der Waals surface area contributed by atoms with E-state index in [1.165, 1.54) is 48.4 Å². The number of aliphatic hydroxyl groups is 1. The van der Waals surface area contributed by atoms with E-state index in [0.717, 1.165) is 0 Å². The van der Waals surface area contributed by atoms with Gasteiger partial charge in [0.2, 0.25) is 0 Å². The van der Waals surface area contributed by atoms with E-state index in [9.17, 15) is 24.8 Å². The quantitative estimate of drug-likeness (QED) is 0.205. The molecule has 1 saturated heterocycles. The molecule has 1 fully saturated rings. The van der Waals surface area contributed by atoms with Crippen molar-refractivity contribution < 1.29 is 24.4 Å². The standard InChI is InChI=1S/C23H24ClN3O6/c1-25(2)10-5-11-26-20(14-6-4-7-16(12-14)27(31)32)19(22(29)23(26)30)21(28)15-8-9-18(33-3)17(24)13-15/h4,6-9,12-13,20,28H,5,10-11H2,1-3H3/b21-19+/t20-/m0/s1. The van der Waals surface area contributed by atoms with Crippen molar-refractivity contribution >= 4 is 34.7 Å². The van der Waals surface area contributed by atoms with Gasteiger partial charge in [-0.15, -0.1) is 0 Å². The van der Waals surface area contributed by atoms with Crippen LogP contribution in [0.4, 0.5) is 5.69 Å². The van der Waals surface area contributed by atoms with Crippen LogP contribution < -0.4 is 4.74 Å². The maximum atomic E-state index is 13.0. The van der Waals surface area contributed by atoms with Gasteiger partial charge in [0.25, 0.3) is 17.4 Å². The first-order valence-corrected chi connectivity index (χ1v) is 10.5. The van der Waals surface area contributed by atoms with Crippen molar-refractivity contribution in [3.05, 3.63) is 74.3 Å². The number of halogens is 1. The van der Waals surface area contributed by atoms with Crippen LogP contribution in [0.2, 0.25) is 5.02 Å². The highest BCUT2D eigenvalue weighted by molar-refractivity contribution is 6.46.